The normalized spacial score (nSPS) is 12.6. The first kappa shape index (κ1) is 17.9. The quantitative estimate of drug-likeness (QED) is 0.617. The third kappa shape index (κ3) is 3.90. The number of benzene rings is 2. The van der Waals surface area contributed by atoms with Crippen molar-refractivity contribution in [3.8, 4) is 0 Å². The van der Waals surface area contributed by atoms with Crippen molar-refractivity contribution in [3.05, 3.63) is 63.7 Å². The highest BCUT2D eigenvalue weighted by Gasteiger charge is 2.15. The van der Waals surface area contributed by atoms with Crippen molar-refractivity contribution in [2.45, 2.75) is 24.8 Å². The molecule has 0 amide bonds. The molecule has 24 heavy (non-hydrogen) atoms. The van der Waals surface area contributed by atoms with Crippen LogP contribution in [0.2, 0.25) is 0 Å². The number of hydrogen-bond donors (Lipinski definition) is 2. The summed E-state index contributed by atoms with van der Waals surface area (Å²) in [7, 11) is -2.14. The molecule has 0 radical (unpaired) electrons. The fourth-order valence-corrected chi connectivity index (χ4v) is 3.14. The summed E-state index contributed by atoms with van der Waals surface area (Å²) in [5.41, 5.74) is 2.15. The van der Waals surface area contributed by atoms with E-state index in [2.05, 4.69) is 10.0 Å². The Morgan fingerprint density at radius 1 is 1.17 bits per heavy atom. The Morgan fingerprint density at radius 2 is 1.88 bits per heavy atom. The lowest BCUT2D eigenvalue weighted by molar-refractivity contribution is -0.385. The van der Waals surface area contributed by atoms with E-state index in [9.17, 15) is 18.5 Å². The van der Waals surface area contributed by atoms with Crippen molar-refractivity contribution in [1.29, 1.82) is 0 Å². The summed E-state index contributed by atoms with van der Waals surface area (Å²) >= 11 is 0. The maximum Gasteiger partial charge on any atom is 0.272 e. The Labute approximate surface area is 140 Å². The van der Waals surface area contributed by atoms with Gasteiger partial charge in [-0.2, -0.15) is 0 Å². The van der Waals surface area contributed by atoms with Gasteiger partial charge in [0.25, 0.3) is 5.69 Å². The van der Waals surface area contributed by atoms with Crippen LogP contribution in [0.1, 0.15) is 24.1 Å². The Bertz CT molecular complexity index is 865. The fraction of sp³-hybridized carbons (Fsp3) is 0.250. The number of nitrogens with zero attached hydrogens (tertiary/aromatic N) is 1. The smallest absolute Gasteiger partial charge is 0.272 e. The lowest BCUT2D eigenvalue weighted by Gasteiger charge is -2.17. The number of aryl methyl sites for hydroxylation is 1. The highest BCUT2D eigenvalue weighted by atomic mass is 32.2. The van der Waals surface area contributed by atoms with Crippen LogP contribution in [0.25, 0.3) is 0 Å². The number of hydrogen-bond acceptors (Lipinski definition) is 5. The van der Waals surface area contributed by atoms with E-state index < -0.39 is 14.9 Å². The highest BCUT2D eigenvalue weighted by Crippen LogP contribution is 2.25. The molecule has 128 valence electrons. The minimum absolute atomic E-state index is 0.0651. The Morgan fingerprint density at radius 3 is 2.46 bits per heavy atom. The Kier molecular flexibility index (Phi) is 5.20. The molecule has 0 aromatic heterocycles. The van der Waals surface area contributed by atoms with Gasteiger partial charge in [-0.15, -0.1) is 0 Å². The summed E-state index contributed by atoms with van der Waals surface area (Å²) in [5.74, 6) is 0. The minimum Gasteiger partial charge on any atom is -0.379 e. The summed E-state index contributed by atoms with van der Waals surface area (Å²) in [4.78, 5) is 10.6. The van der Waals surface area contributed by atoms with Crippen molar-refractivity contribution < 1.29 is 13.3 Å². The van der Waals surface area contributed by atoms with Crippen molar-refractivity contribution in [2.75, 3.05) is 12.4 Å². The monoisotopic (exact) mass is 349 g/mol. The van der Waals surface area contributed by atoms with Gasteiger partial charge >= 0.3 is 0 Å². The van der Waals surface area contributed by atoms with Crippen LogP contribution >= 0.6 is 0 Å². The van der Waals surface area contributed by atoms with E-state index in [0.717, 1.165) is 11.3 Å². The number of nitrogens with one attached hydrogen (secondary N) is 2. The second-order valence-corrected chi connectivity index (χ2v) is 7.29. The molecule has 2 aromatic carbocycles. The average molecular weight is 349 g/mol. The van der Waals surface area contributed by atoms with Crippen LogP contribution in [0.15, 0.2) is 47.4 Å². The molecule has 0 saturated carbocycles. The van der Waals surface area contributed by atoms with Gasteiger partial charge in [0.05, 0.1) is 9.82 Å². The van der Waals surface area contributed by atoms with Crippen LogP contribution in [0.3, 0.4) is 0 Å². The van der Waals surface area contributed by atoms with Gasteiger partial charge in [-0.05, 0) is 50.7 Å². The first-order chi connectivity index (χ1) is 11.2. The summed E-state index contributed by atoms with van der Waals surface area (Å²) < 4.78 is 26.1. The van der Waals surface area contributed by atoms with Gasteiger partial charge in [0, 0.05) is 23.4 Å². The maximum absolute atomic E-state index is 11.9. The minimum atomic E-state index is -3.50. The molecule has 8 heteroatoms. The summed E-state index contributed by atoms with van der Waals surface area (Å²) in [6, 6.07) is 11.2. The molecule has 0 heterocycles. The third-order valence-electron chi connectivity index (χ3n) is 3.71. The molecule has 0 aliphatic rings. The molecule has 0 aliphatic heterocycles. The van der Waals surface area contributed by atoms with E-state index in [1.807, 2.05) is 13.0 Å². The van der Waals surface area contributed by atoms with E-state index in [0.29, 0.717) is 5.56 Å². The first-order valence-corrected chi connectivity index (χ1v) is 8.78. The zero-order valence-corrected chi connectivity index (χ0v) is 14.4. The molecular formula is C16H19N3O4S. The van der Waals surface area contributed by atoms with Crippen molar-refractivity contribution >= 4 is 21.4 Å². The van der Waals surface area contributed by atoms with Crippen molar-refractivity contribution in [3.63, 3.8) is 0 Å². The molecule has 0 saturated heterocycles. The van der Waals surface area contributed by atoms with Gasteiger partial charge in [0.2, 0.25) is 10.0 Å². The van der Waals surface area contributed by atoms with Gasteiger partial charge in [-0.25, -0.2) is 13.1 Å². The number of nitro groups is 1. The number of anilines is 1. The molecule has 0 unspecified atom stereocenters. The van der Waals surface area contributed by atoms with Crippen LogP contribution < -0.4 is 10.0 Å². The standard InChI is InChI=1S/C16H19N3O4S/c1-11-9-14(7-8-16(11)19(20)21)18-12(2)13-5-4-6-15(10-13)24(22,23)17-3/h4-10,12,17-18H,1-3H3/t12-/m0/s1. The molecule has 0 spiro atoms. The SMILES string of the molecule is CNS(=O)(=O)c1cccc([C@H](C)Nc2ccc([N+](=O)[O-])c(C)c2)c1. The highest BCUT2D eigenvalue weighted by molar-refractivity contribution is 7.89. The second-order valence-electron chi connectivity index (χ2n) is 5.40. The van der Waals surface area contributed by atoms with E-state index in [1.54, 1.807) is 31.2 Å². The molecule has 7 nitrogen and oxygen atoms in total. The third-order valence-corrected chi connectivity index (χ3v) is 5.13. The number of nitro benzene ring substituents is 1. The topological polar surface area (TPSA) is 101 Å². The van der Waals surface area contributed by atoms with Crippen LogP contribution in [-0.4, -0.2) is 20.4 Å². The predicted molar refractivity (Wildman–Crippen MR) is 92.6 cm³/mol. The zero-order valence-electron chi connectivity index (χ0n) is 13.6. The van der Waals surface area contributed by atoms with E-state index in [-0.39, 0.29) is 16.6 Å². The second kappa shape index (κ2) is 6.98. The van der Waals surface area contributed by atoms with Crippen LogP contribution in [0.4, 0.5) is 11.4 Å². The van der Waals surface area contributed by atoms with Crippen LogP contribution in [-0.2, 0) is 10.0 Å². The van der Waals surface area contributed by atoms with E-state index in [1.165, 1.54) is 19.2 Å². The maximum atomic E-state index is 11.9. The molecular weight excluding hydrogens is 330 g/mol. The van der Waals surface area contributed by atoms with E-state index in [4.69, 9.17) is 0 Å². The summed E-state index contributed by atoms with van der Waals surface area (Å²) in [6.07, 6.45) is 0. The number of sulfonamides is 1. The predicted octanol–water partition coefficient (Wildman–Crippen LogP) is 2.98. The summed E-state index contributed by atoms with van der Waals surface area (Å²) in [6.45, 7) is 3.57. The lowest BCUT2D eigenvalue weighted by Crippen LogP contribution is -2.19. The Balaban J connectivity index is 2.24. The van der Waals surface area contributed by atoms with Gasteiger partial charge in [0.15, 0.2) is 0 Å². The molecule has 0 aliphatic carbocycles. The van der Waals surface area contributed by atoms with Gasteiger partial charge in [0.1, 0.15) is 0 Å². The summed E-state index contributed by atoms with van der Waals surface area (Å²) in [5, 5.41) is 14.1. The molecule has 2 N–H and O–H groups in total. The molecule has 2 rings (SSSR count). The van der Waals surface area contributed by atoms with Gasteiger partial charge < -0.3 is 5.32 Å². The first-order valence-electron chi connectivity index (χ1n) is 7.29. The van der Waals surface area contributed by atoms with Crippen molar-refractivity contribution in [2.24, 2.45) is 0 Å². The number of rotatable bonds is 6. The molecule has 1 atom stereocenters. The molecule has 2 aromatic rings. The van der Waals surface area contributed by atoms with Crippen LogP contribution in [0, 0.1) is 17.0 Å². The molecule has 0 bridgehead atoms. The zero-order chi connectivity index (χ0) is 17.9. The fourth-order valence-electron chi connectivity index (χ4n) is 2.35. The molecule has 0 fully saturated rings. The van der Waals surface area contributed by atoms with E-state index >= 15 is 0 Å². The Hall–Kier alpha value is -2.45. The van der Waals surface area contributed by atoms with Gasteiger partial charge in [-0.3, -0.25) is 10.1 Å². The lowest BCUT2D eigenvalue weighted by atomic mass is 10.1. The van der Waals surface area contributed by atoms with Crippen LogP contribution in [0.5, 0.6) is 0 Å². The van der Waals surface area contributed by atoms with Crippen molar-refractivity contribution in [1.82, 2.24) is 4.72 Å². The largest absolute Gasteiger partial charge is 0.379 e. The van der Waals surface area contributed by atoms with Gasteiger partial charge in [-0.1, -0.05) is 12.1 Å². The average Bonchev–Trinajstić information content (AvgIpc) is 2.54.